The average molecular weight is 335 g/mol. The molecule has 0 amide bonds. The first-order valence-electron chi connectivity index (χ1n) is 6.68. The number of benzene rings is 1. The summed E-state index contributed by atoms with van der Waals surface area (Å²) in [6.45, 7) is 2.03. The summed E-state index contributed by atoms with van der Waals surface area (Å²) >= 11 is 0. The number of hydrogen-bond donors (Lipinski definition) is 3. The summed E-state index contributed by atoms with van der Waals surface area (Å²) < 4.78 is 0. The molecule has 23 heavy (non-hydrogen) atoms. The zero-order chi connectivity index (χ0) is 15.0. The van der Waals surface area contributed by atoms with Crippen molar-refractivity contribution in [3.05, 3.63) is 35.9 Å². The molecule has 3 aromatic rings. The fourth-order valence-corrected chi connectivity index (χ4v) is 2.55. The number of hydrogen-bond acceptors (Lipinski definition) is 6. The molecule has 0 aliphatic rings. The van der Waals surface area contributed by atoms with Gasteiger partial charge in [-0.25, -0.2) is 4.98 Å². The van der Waals surface area contributed by atoms with Crippen molar-refractivity contribution in [3.8, 4) is 11.1 Å². The highest BCUT2D eigenvalue weighted by atomic mass is 35.5. The lowest BCUT2D eigenvalue weighted by atomic mass is 9.95. The Morgan fingerprint density at radius 2 is 1.57 bits per heavy atom. The van der Waals surface area contributed by atoms with Gasteiger partial charge in [-0.15, -0.1) is 12.4 Å². The van der Waals surface area contributed by atoms with Crippen molar-refractivity contribution >= 4 is 41.0 Å². The van der Waals surface area contributed by atoms with Crippen LogP contribution in [0.3, 0.4) is 0 Å². The summed E-state index contributed by atoms with van der Waals surface area (Å²) in [5.74, 6) is 0.857. The van der Waals surface area contributed by atoms with E-state index in [0.29, 0.717) is 22.7 Å². The number of fused-ring (bicyclic) bond motifs is 1. The lowest BCUT2D eigenvalue weighted by Gasteiger charge is -2.15. The van der Waals surface area contributed by atoms with Gasteiger partial charge < -0.3 is 22.7 Å². The van der Waals surface area contributed by atoms with Crippen molar-refractivity contribution < 1.29 is 5.48 Å². The second-order valence-corrected chi connectivity index (χ2v) is 4.74. The van der Waals surface area contributed by atoms with Crippen LogP contribution in [0.15, 0.2) is 30.3 Å². The molecule has 0 aliphatic carbocycles. The van der Waals surface area contributed by atoms with Crippen LogP contribution < -0.4 is 17.2 Å². The molecule has 8 heteroatoms. The summed E-state index contributed by atoms with van der Waals surface area (Å²) in [5, 5.41) is 0.696. The number of rotatable bonds is 2. The van der Waals surface area contributed by atoms with E-state index in [2.05, 4.69) is 15.0 Å². The van der Waals surface area contributed by atoms with Crippen LogP contribution in [0.1, 0.15) is 12.5 Å². The third kappa shape index (κ3) is 3.10. The molecule has 0 saturated carbocycles. The summed E-state index contributed by atoms with van der Waals surface area (Å²) in [5.41, 5.74) is 21.1. The minimum Gasteiger partial charge on any atom is -0.412 e. The summed E-state index contributed by atoms with van der Waals surface area (Å²) in [4.78, 5) is 12.5. The zero-order valence-corrected chi connectivity index (χ0v) is 13.4. The van der Waals surface area contributed by atoms with Gasteiger partial charge in [0.25, 0.3) is 0 Å². The minimum absolute atomic E-state index is 0. The first-order chi connectivity index (χ1) is 10.1. The molecular formula is C15H19ClN6O. The molecule has 2 aromatic heterocycles. The van der Waals surface area contributed by atoms with E-state index in [1.165, 1.54) is 0 Å². The summed E-state index contributed by atoms with van der Waals surface area (Å²) in [6, 6.07) is 9.89. The van der Waals surface area contributed by atoms with Crippen molar-refractivity contribution in [1.82, 2.24) is 15.0 Å². The maximum absolute atomic E-state index is 6.08. The van der Waals surface area contributed by atoms with E-state index in [1.54, 1.807) is 0 Å². The van der Waals surface area contributed by atoms with E-state index < -0.39 is 0 Å². The Kier molecular flexibility index (Phi) is 5.67. The van der Waals surface area contributed by atoms with Crippen LogP contribution in [0.4, 0.5) is 17.6 Å². The van der Waals surface area contributed by atoms with Gasteiger partial charge in [-0.1, -0.05) is 37.3 Å². The topological polar surface area (TPSA) is 148 Å². The molecule has 7 nitrogen and oxygen atoms in total. The zero-order valence-electron chi connectivity index (χ0n) is 12.6. The quantitative estimate of drug-likeness (QED) is 0.648. The number of pyridine rings is 1. The first-order valence-corrected chi connectivity index (χ1v) is 6.68. The van der Waals surface area contributed by atoms with E-state index in [-0.39, 0.29) is 23.8 Å². The molecule has 0 saturated heterocycles. The Morgan fingerprint density at radius 3 is 2.17 bits per heavy atom. The standard InChI is InChI=1S/C15H16N6.ClH.H2O/c1-2-9-10(8-6-4-3-5-7-8)11-13(17)20-15(18)21-14(11)19-12(9)16;;/h3-7H,2H2,1H3,(H6,16,17,18,19,20,21);1H;1H2. The van der Waals surface area contributed by atoms with Gasteiger partial charge in [-0.2, -0.15) is 9.97 Å². The predicted molar refractivity (Wildman–Crippen MR) is 96.2 cm³/mol. The van der Waals surface area contributed by atoms with E-state index in [0.717, 1.165) is 23.1 Å². The van der Waals surface area contributed by atoms with Crippen molar-refractivity contribution in [2.75, 3.05) is 17.2 Å². The van der Waals surface area contributed by atoms with Crippen LogP contribution in [0.5, 0.6) is 0 Å². The molecule has 0 fully saturated rings. The molecule has 0 bridgehead atoms. The predicted octanol–water partition coefficient (Wildman–Crippen LogP) is 1.60. The molecule has 0 spiro atoms. The second kappa shape index (κ2) is 7.08. The smallest absolute Gasteiger partial charge is 0.224 e. The first kappa shape index (κ1) is 18.4. The number of anilines is 3. The maximum atomic E-state index is 6.08. The lowest BCUT2D eigenvalue weighted by Crippen LogP contribution is -2.07. The van der Waals surface area contributed by atoms with Crippen molar-refractivity contribution in [2.45, 2.75) is 13.3 Å². The van der Waals surface area contributed by atoms with E-state index >= 15 is 0 Å². The van der Waals surface area contributed by atoms with Gasteiger partial charge in [-0.3, -0.25) is 0 Å². The molecule has 0 radical (unpaired) electrons. The average Bonchev–Trinajstić information content (AvgIpc) is 2.46. The Labute approximate surface area is 139 Å². The van der Waals surface area contributed by atoms with Crippen LogP contribution in [-0.2, 0) is 6.42 Å². The molecule has 0 unspecified atom stereocenters. The Morgan fingerprint density at radius 1 is 0.913 bits per heavy atom. The van der Waals surface area contributed by atoms with Crippen LogP contribution in [0, 0.1) is 0 Å². The Bertz CT molecular complexity index is 825. The number of nitrogens with zero attached hydrogens (tertiary/aromatic N) is 3. The third-order valence-electron chi connectivity index (χ3n) is 3.44. The molecule has 0 aliphatic heterocycles. The number of nitrogen functional groups attached to an aromatic ring is 3. The molecule has 1 aromatic carbocycles. The highest BCUT2D eigenvalue weighted by molar-refractivity contribution is 6.02. The van der Waals surface area contributed by atoms with E-state index in [1.807, 2.05) is 37.3 Å². The van der Waals surface area contributed by atoms with Crippen molar-refractivity contribution in [2.24, 2.45) is 0 Å². The van der Waals surface area contributed by atoms with Crippen LogP contribution in [-0.4, -0.2) is 20.4 Å². The van der Waals surface area contributed by atoms with Gasteiger partial charge in [0.2, 0.25) is 5.95 Å². The van der Waals surface area contributed by atoms with Crippen molar-refractivity contribution in [1.29, 1.82) is 0 Å². The highest BCUT2D eigenvalue weighted by Gasteiger charge is 2.18. The van der Waals surface area contributed by atoms with Gasteiger partial charge in [0.1, 0.15) is 11.6 Å². The van der Waals surface area contributed by atoms with E-state index in [9.17, 15) is 0 Å². The van der Waals surface area contributed by atoms with Crippen molar-refractivity contribution in [3.63, 3.8) is 0 Å². The van der Waals surface area contributed by atoms with E-state index in [4.69, 9.17) is 17.2 Å². The highest BCUT2D eigenvalue weighted by Crippen LogP contribution is 2.36. The fourth-order valence-electron chi connectivity index (χ4n) is 2.55. The Balaban J connectivity index is 0.00000132. The van der Waals surface area contributed by atoms with Gasteiger partial charge in [0.15, 0.2) is 5.65 Å². The molecule has 3 rings (SSSR count). The largest absolute Gasteiger partial charge is 0.412 e. The van der Waals surface area contributed by atoms with Crippen LogP contribution in [0.25, 0.3) is 22.2 Å². The second-order valence-electron chi connectivity index (χ2n) is 4.74. The maximum Gasteiger partial charge on any atom is 0.224 e. The Hall–Kier alpha value is -2.64. The number of halogens is 1. The molecular weight excluding hydrogens is 316 g/mol. The summed E-state index contributed by atoms with van der Waals surface area (Å²) in [7, 11) is 0. The summed E-state index contributed by atoms with van der Waals surface area (Å²) in [6.07, 6.45) is 0.739. The third-order valence-corrected chi connectivity index (χ3v) is 3.44. The molecule has 0 atom stereocenters. The molecule has 122 valence electrons. The monoisotopic (exact) mass is 334 g/mol. The van der Waals surface area contributed by atoms with Gasteiger partial charge in [-0.05, 0) is 12.0 Å². The van der Waals surface area contributed by atoms with Crippen LogP contribution in [0.2, 0.25) is 0 Å². The SMILES string of the molecule is CCc1c(N)nc2nc(N)nc(N)c2c1-c1ccccc1.Cl.O. The van der Waals surface area contributed by atoms with Gasteiger partial charge in [0.05, 0.1) is 5.39 Å². The van der Waals surface area contributed by atoms with Crippen LogP contribution >= 0.6 is 12.4 Å². The number of aromatic nitrogens is 3. The van der Waals surface area contributed by atoms with Gasteiger partial charge in [0, 0.05) is 11.1 Å². The lowest BCUT2D eigenvalue weighted by molar-refractivity contribution is 0.824. The normalized spacial score (nSPS) is 9.96. The van der Waals surface area contributed by atoms with Gasteiger partial charge >= 0.3 is 0 Å². The molecule has 8 N–H and O–H groups in total. The number of nitrogens with two attached hydrogens (primary N) is 3. The molecule has 2 heterocycles. The fraction of sp³-hybridized carbons (Fsp3) is 0.133. The minimum atomic E-state index is 0.